The molecular weight excluding hydrogens is 294 g/mol. The third-order valence-corrected chi connectivity index (χ3v) is 4.67. The van der Waals surface area contributed by atoms with E-state index in [0.717, 1.165) is 5.69 Å². The molecule has 2 atom stereocenters. The van der Waals surface area contributed by atoms with Crippen molar-refractivity contribution in [3.63, 3.8) is 0 Å². The zero-order chi connectivity index (χ0) is 16.6. The van der Waals surface area contributed by atoms with Gasteiger partial charge >= 0.3 is 0 Å². The van der Waals surface area contributed by atoms with Gasteiger partial charge in [-0.3, -0.25) is 9.59 Å². The van der Waals surface area contributed by atoms with E-state index in [4.69, 9.17) is 4.74 Å². The van der Waals surface area contributed by atoms with Gasteiger partial charge in [0.1, 0.15) is 0 Å². The van der Waals surface area contributed by atoms with Gasteiger partial charge in [-0.2, -0.15) is 0 Å². The third-order valence-electron chi connectivity index (χ3n) is 4.67. The van der Waals surface area contributed by atoms with Crippen LogP contribution in [0.4, 0.5) is 5.69 Å². The first-order valence-corrected chi connectivity index (χ1v) is 7.91. The monoisotopic (exact) mass is 317 g/mol. The molecule has 0 radical (unpaired) electrons. The van der Waals surface area contributed by atoms with Gasteiger partial charge < -0.3 is 19.4 Å². The molecule has 0 N–H and O–H groups in total. The molecule has 2 amide bonds. The number of carbonyl (C=O) groups is 2. The molecule has 1 aromatic carbocycles. The molecular formula is C17H23N3O3. The van der Waals surface area contributed by atoms with Crippen molar-refractivity contribution in [2.75, 3.05) is 45.7 Å². The molecule has 0 aliphatic carbocycles. The summed E-state index contributed by atoms with van der Waals surface area (Å²) in [5.74, 6) is 0.0765. The Hall–Kier alpha value is -2.08. The molecule has 0 aromatic heterocycles. The minimum atomic E-state index is -0.0903. The number of benzene rings is 1. The average Bonchev–Trinajstić information content (AvgIpc) is 2.92. The normalized spacial score (nSPS) is 24.4. The standard InChI is InChI=1S/C17H23N3O3/c1-18(2)13-6-4-5-12(9-13)17(22)20-10-14-15(11-20)23-8-7-16(21)19(14)3/h4-6,9,14-15H,7-8,10-11H2,1-3H3/t14-,15-/m0/s1. The average molecular weight is 317 g/mol. The number of carbonyl (C=O) groups excluding carboxylic acids is 2. The number of anilines is 1. The molecule has 0 unspecified atom stereocenters. The van der Waals surface area contributed by atoms with E-state index in [9.17, 15) is 9.59 Å². The number of likely N-dealkylation sites (tertiary alicyclic amines) is 1. The highest BCUT2D eigenvalue weighted by atomic mass is 16.5. The van der Waals surface area contributed by atoms with Crippen molar-refractivity contribution in [3.8, 4) is 0 Å². The summed E-state index contributed by atoms with van der Waals surface area (Å²) in [4.78, 5) is 30.2. The Morgan fingerprint density at radius 2 is 2.09 bits per heavy atom. The van der Waals surface area contributed by atoms with Gasteiger partial charge in [0.2, 0.25) is 5.91 Å². The van der Waals surface area contributed by atoms with E-state index in [1.54, 1.807) is 16.8 Å². The number of likely N-dealkylation sites (N-methyl/N-ethyl adjacent to an activating group) is 1. The molecule has 0 saturated carbocycles. The fraction of sp³-hybridized carbons (Fsp3) is 0.529. The fourth-order valence-electron chi connectivity index (χ4n) is 3.22. The fourth-order valence-corrected chi connectivity index (χ4v) is 3.22. The number of fused-ring (bicyclic) bond motifs is 1. The molecule has 2 saturated heterocycles. The summed E-state index contributed by atoms with van der Waals surface area (Å²) < 4.78 is 5.78. The Kier molecular flexibility index (Phi) is 4.26. The molecule has 6 heteroatoms. The van der Waals surface area contributed by atoms with Crippen molar-refractivity contribution in [2.45, 2.75) is 18.6 Å². The summed E-state index contributed by atoms with van der Waals surface area (Å²) in [5, 5.41) is 0. The lowest BCUT2D eigenvalue weighted by molar-refractivity contribution is -0.131. The predicted octanol–water partition coefficient (Wildman–Crippen LogP) is 0.824. The van der Waals surface area contributed by atoms with Crippen molar-refractivity contribution in [1.29, 1.82) is 0 Å². The van der Waals surface area contributed by atoms with Gasteiger partial charge in [0.15, 0.2) is 0 Å². The van der Waals surface area contributed by atoms with Crippen LogP contribution in [0.3, 0.4) is 0 Å². The SMILES string of the molecule is CN(C)c1cccc(C(=O)N2C[C@@H]3OCCC(=O)N(C)[C@H]3C2)c1. The first-order valence-electron chi connectivity index (χ1n) is 7.91. The van der Waals surface area contributed by atoms with Crippen LogP contribution >= 0.6 is 0 Å². The van der Waals surface area contributed by atoms with Gasteiger partial charge in [-0.25, -0.2) is 0 Å². The minimum absolute atomic E-state index is 0.00813. The summed E-state index contributed by atoms with van der Waals surface area (Å²) in [5.41, 5.74) is 1.66. The summed E-state index contributed by atoms with van der Waals surface area (Å²) in [6, 6.07) is 7.54. The smallest absolute Gasteiger partial charge is 0.254 e. The maximum atomic E-state index is 12.8. The van der Waals surface area contributed by atoms with E-state index < -0.39 is 0 Å². The van der Waals surface area contributed by atoms with Crippen LogP contribution < -0.4 is 4.90 Å². The van der Waals surface area contributed by atoms with Crippen LogP contribution in [0.25, 0.3) is 0 Å². The van der Waals surface area contributed by atoms with Crippen molar-refractivity contribution in [3.05, 3.63) is 29.8 Å². The Morgan fingerprint density at radius 3 is 2.83 bits per heavy atom. The Balaban J connectivity index is 1.77. The number of hydrogen-bond donors (Lipinski definition) is 0. The van der Waals surface area contributed by atoms with Gasteiger partial charge in [0.25, 0.3) is 5.91 Å². The highest BCUT2D eigenvalue weighted by Crippen LogP contribution is 2.24. The molecule has 2 aliphatic rings. The predicted molar refractivity (Wildman–Crippen MR) is 87.6 cm³/mol. The second-order valence-electron chi connectivity index (χ2n) is 6.39. The lowest BCUT2D eigenvalue weighted by atomic mass is 10.1. The molecule has 2 heterocycles. The van der Waals surface area contributed by atoms with Crippen LogP contribution in [0.2, 0.25) is 0 Å². The number of ether oxygens (including phenoxy) is 1. The number of hydrogen-bond acceptors (Lipinski definition) is 4. The zero-order valence-corrected chi connectivity index (χ0v) is 13.9. The third kappa shape index (κ3) is 3.03. The Morgan fingerprint density at radius 1 is 1.30 bits per heavy atom. The van der Waals surface area contributed by atoms with Crippen LogP contribution in [-0.2, 0) is 9.53 Å². The van der Waals surface area contributed by atoms with Gasteiger partial charge in [0.05, 0.1) is 25.2 Å². The van der Waals surface area contributed by atoms with Crippen LogP contribution in [-0.4, -0.2) is 74.6 Å². The molecule has 2 fully saturated rings. The lowest BCUT2D eigenvalue weighted by Crippen LogP contribution is -2.43. The molecule has 1 aromatic rings. The van der Waals surface area contributed by atoms with Crippen LogP contribution in [0.15, 0.2) is 24.3 Å². The minimum Gasteiger partial charge on any atom is -0.378 e. The maximum absolute atomic E-state index is 12.8. The molecule has 0 spiro atoms. The molecule has 124 valence electrons. The van der Waals surface area contributed by atoms with Crippen molar-refractivity contribution >= 4 is 17.5 Å². The summed E-state index contributed by atoms with van der Waals surface area (Å²) in [6.45, 7) is 1.49. The van der Waals surface area contributed by atoms with Crippen LogP contribution in [0.5, 0.6) is 0 Å². The molecule has 23 heavy (non-hydrogen) atoms. The van der Waals surface area contributed by atoms with E-state index in [1.165, 1.54) is 0 Å². The van der Waals surface area contributed by atoms with Gasteiger partial charge in [-0.05, 0) is 18.2 Å². The Bertz CT molecular complexity index is 617. The summed E-state index contributed by atoms with van der Waals surface area (Å²) >= 11 is 0. The van der Waals surface area contributed by atoms with Gasteiger partial charge in [0, 0.05) is 45.5 Å². The van der Waals surface area contributed by atoms with Crippen LogP contribution in [0.1, 0.15) is 16.8 Å². The second kappa shape index (κ2) is 6.20. The topological polar surface area (TPSA) is 53.1 Å². The first-order chi connectivity index (χ1) is 11.0. The summed E-state index contributed by atoms with van der Waals surface area (Å²) in [6.07, 6.45) is 0.329. The Labute approximate surface area is 136 Å². The van der Waals surface area contributed by atoms with Crippen molar-refractivity contribution in [2.24, 2.45) is 0 Å². The maximum Gasteiger partial charge on any atom is 0.254 e. The quantitative estimate of drug-likeness (QED) is 0.810. The van der Waals surface area contributed by atoms with E-state index in [1.807, 2.05) is 43.3 Å². The number of amides is 2. The first kappa shape index (κ1) is 15.8. The summed E-state index contributed by atoms with van der Waals surface area (Å²) in [7, 11) is 5.70. The molecule has 2 aliphatic heterocycles. The van der Waals surface area contributed by atoms with E-state index in [0.29, 0.717) is 31.7 Å². The highest BCUT2D eigenvalue weighted by molar-refractivity contribution is 5.95. The zero-order valence-electron chi connectivity index (χ0n) is 13.9. The highest BCUT2D eigenvalue weighted by Gasteiger charge is 2.41. The largest absolute Gasteiger partial charge is 0.378 e. The van der Waals surface area contributed by atoms with E-state index in [2.05, 4.69) is 0 Å². The lowest BCUT2D eigenvalue weighted by Gasteiger charge is -2.25. The molecule has 0 bridgehead atoms. The number of nitrogens with zero attached hydrogens (tertiary/aromatic N) is 3. The molecule has 6 nitrogen and oxygen atoms in total. The van der Waals surface area contributed by atoms with Crippen molar-refractivity contribution in [1.82, 2.24) is 9.80 Å². The van der Waals surface area contributed by atoms with Crippen LogP contribution in [0, 0.1) is 0 Å². The van der Waals surface area contributed by atoms with Gasteiger partial charge in [-0.1, -0.05) is 6.07 Å². The number of rotatable bonds is 2. The molecule has 3 rings (SSSR count). The van der Waals surface area contributed by atoms with Gasteiger partial charge in [-0.15, -0.1) is 0 Å². The van der Waals surface area contributed by atoms with Crippen molar-refractivity contribution < 1.29 is 14.3 Å². The second-order valence-corrected chi connectivity index (χ2v) is 6.39. The van der Waals surface area contributed by atoms with E-state index in [-0.39, 0.29) is 24.0 Å². The van der Waals surface area contributed by atoms with E-state index >= 15 is 0 Å².